The van der Waals surface area contributed by atoms with Crippen LogP contribution >= 0.6 is 23.5 Å². The van der Waals surface area contributed by atoms with Crippen LogP contribution in [-0.4, -0.2) is 21.1 Å². The Kier molecular flexibility index (Phi) is 2.66. The van der Waals surface area contributed by atoms with Gasteiger partial charge >= 0.3 is 0 Å². The Bertz CT molecular complexity index is 253. The summed E-state index contributed by atoms with van der Waals surface area (Å²) < 4.78 is 2.74. The number of thioether (sulfide) groups is 2. The van der Waals surface area contributed by atoms with E-state index in [1.165, 1.54) is 23.6 Å². The van der Waals surface area contributed by atoms with Gasteiger partial charge in [-0.1, -0.05) is 0 Å². The molecule has 1 aliphatic rings. The first-order valence-electron chi connectivity index (χ1n) is 4.07. The van der Waals surface area contributed by atoms with Gasteiger partial charge in [0.15, 0.2) is 0 Å². The largest absolute Gasteiger partial charge is 0.336 e. The molecule has 66 valence electrons. The van der Waals surface area contributed by atoms with Gasteiger partial charge in [-0.3, -0.25) is 0 Å². The number of aromatic nitrogens is 2. The third kappa shape index (κ3) is 1.64. The molecule has 1 aromatic heterocycles. The maximum atomic E-state index is 4.13. The van der Waals surface area contributed by atoms with Crippen molar-refractivity contribution < 1.29 is 0 Å². The third-order valence-electron chi connectivity index (χ3n) is 1.92. The number of hydrogen-bond acceptors (Lipinski definition) is 3. The summed E-state index contributed by atoms with van der Waals surface area (Å²) in [5, 5.41) is 0. The predicted octanol–water partition coefficient (Wildman–Crippen LogP) is 2.29. The molecule has 2 rings (SSSR count). The highest BCUT2D eigenvalue weighted by molar-refractivity contribution is 8.16. The summed E-state index contributed by atoms with van der Waals surface area (Å²) in [6, 6.07) is 0. The number of hydrogen-bond donors (Lipinski definition) is 0. The van der Waals surface area contributed by atoms with Crippen molar-refractivity contribution in [1.29, 1.82) is 0 Å². The van der Waals surface area contributed by atoms with Crippen LogP contribution in [0.1, 0.15) is 16.7 Å². The molecule has 1 aliphatic heterocycles. The van der Waals surface area contributed by atoms with Crippen LogP contribution in [0.2, 0.25) is 0 Å². The Balaban J connectivity index is 2.13. The van der Waals surface area contributed by atoms with Crippen molar-refractivity contribution in [2.24, 2.45) is 7.05 Å². The number of rotatable bonds is 1. The minimum Gasteiger partial charge on any atom is -0.336 e. The fraction of sp³-hybridized carbons (Fsp3) is 0.625. The molecule has 0 aromatic carbocycles. The van der Waals surface area contributed by atoms with Gasteiger partial charge in [-0.25, -0.2) is 4.98 Å². The molecule has 1 aromatic rings. The fourth-order valence-corrected chi connectivity index (χ4v) is 4.24. The van der Waals surface area contributed by atoms with Crippen molar-refractivity contribution >= 4 is 23.5 Å². The van der Waals surface area contributed by atoms with Crippen LogP contribution in [0.4, 0.5) is 0 Å². The van der Waals surface area contributed by atoms with Gasteiger partial charge in [-0.05, 0) is 17.9 Å². The van der Waals surface area contributed by atoms with E-state index in [-0.39, 0.29) is 0 Å². The quantitative estimate of drug-likeness (QED) is 0.692. The Morgan fingerprint density at radius 3 is 2.83 bits per heavy atom. The molecule has 1 saturated heterocycles. The lowest BCUT2D eigenvalue weighted by Crippen LogP contribution is -2.04. The van der Waals surface area contributed by atoms with E-state index >= 15 is 0 Å². The summed E-state index contributed by atoms with van der Waals surface area (Å²) >= 11 is 4.07. The van der Waals surface area contributed by atoms with Crippen LogP contribution in [0, 0.1) is 0 Å². The summed E-state index contributed by atoms with van der Waals surface area (Å²) in [7, 11) is 2.07. The number of aryl methyl sites for hydroxylation is 1. The van der Waals surface area contributed by atoms with Crippen molar-refractivity contribution in [1.82, 2.24) is 9.55 Å². The Morgan fingerprint density at radius 2 is 2.25 bits per heavy atom. The highest BCUT2D eigenvalue weighted by atomic mass is 32.2. The highest BCUT2D eigenvalue weighted by Gasteiger charge is 2.18. The second-order valence-electron chi connectivity index (χ2n) is 2.86. The van der Waals surface area contributed by atoms with Crippen molar-refractivity contribution in [3.63, 3.8) is 0 Å². The molecule has 0 atom stereocenters. The molecule has 0 N–H and O–H groups in total. The lowest BCUT2D eigenvalue weighted by Gasteiger charge is -2.20. The van der Waals surface area contributed by atoms with Crippen LogP contribution in [-0.2, 0) is 7.05 Å². The topological polar surface area (TPSA) is 17.8 Å². The molecule has 0 amide bonds. The van der Waals surface area contributed by atoms with Crippen LogP contribution in [0.5, 0.6) is 0 Å². The van der Waals surface area contributed by atoms with Crippen LogP contribution in [0.3, 0.4) is 0 Å². The average molecular weight is 200 g/mol. The van der Waals surface area contributed by atoms with Crippen LogP contribution in [0.15, 0.2) is 12.5 Å². The second kappa shape index (κ2) is 3.75. The van der Waals surface area contributed by atoms with Crippen LogP contribution in [0.25, 0.3) is 0 Å². The van der Waals surface area contributed by atoms with Gasteiger partial charge in [0.25, 0.3) is 0 Å². The molecular weight excluding hydrogens is 188 g/mol. The van der Waals surface area contributed by atoms with E-state index in [2.05, 4.69) is 16.6 Å². The van der Waals surface area contributed by atoms with Crippen LogP contribution < -0.4 is 0 Å². The monoisotopic (exact) mass is 200 g/mol. The second-order valence-corrected chi connectivity index (χ2v) is 5.58. The average Bonchev–Trinajstić information content (AvgIpc) is 2.53. The van der Waals surface area contributed by atoms with E-state index in [1.807, 2.05) is 36.0 Å². The van der Waals surface area contributed by atoms with Gasteiger partial charge in [-0.15, -0.1) is 23.5 Å². The maximum absolute atomic E-state index is 4.13. The van der Waals surface area contributed by atoms with E-state index in [0.717, 1.165) is 0 Å². The van der Waals surface area contributed by atoms with E-state index in [4.69, 9.17) is 0 Å². The van der Waals surface area contributed by atoms with E-state index < -0.39 is 0 Å². The molecule has 1 fully saturated rings. The summed E-state index contributed by atoms with van der Waals surface area (Å²) in [4.78, 5) is 4.13. The molecule has 0 radical (unpaired) electrons. The van der Waals surface area contributed by atoms with Gasteiger partial charge in [-0.2, -0.15) is 0 Å². The van der Waals surface area contributed by atoms with Crippen molar-refractivity contribution in [3.05, 3.63) is 18.2 Å². The summed E-state index contributed by atoms with van der Waals surface area (Å²) in [6.45, 7) is 0. The molecule has 2 heterocycles. The minimum absolute atomic E-state index is 0.617. The Hall–Kier alpha value is -0.0900. The zero-order valence-electron chi connectivity index (χ0n) is 7.06. The normalized spacial score (nSPS) is 19.8. The molecule has 0 bridgehead atoms. The Labute approximate surface area is 81.1 Å². The van der Waals surface area contributed by atoms with E-state index in [1.54, 1.807) is 0 Å². The first-order valence-corrected chi connectivity index (χ1v) is 6.17. The lowest BCUT2D eigenvalue weighted by atomic mass is 10.5. The first kappa shape index (κ1) is 8.51. The SMILES string of the molecule is Cn1cncc1C1SCCCS1. The van der Waals surface area contributed by atoms with Gasteiger partial charge in [0.05, 0.1) is 22.8 Å². The molecule has 2 nitrogen and oxygen atoms in total. The van der Waals surface area contributed by atoms with E-state index in [0.29, 0.717) is 4.58 Å². The van der Waals surface area contributed by atoms with Gasteiger partial charge < -0.3 is 4.57 Å². The zero-order valence-corrected chi connectivity index (χ0v) is 8.70. The van der Waals surface area contributed by atoms with E-state index in [9.17, 15) is 0 Å². The van der Waals surface area contributed by atoms with Crippen molar-refractivity contribution in [2.45, 2.75) is 11.0 Å². The summed E-state index contributed by atoms with van der Waals surface area (Å²) in [6.07, 6.45) is 5.21. The predicted molar refractivity (Wildman–Crippen MR) is 55.5 cm³/mol. The number of nitrogens with zero attached hydrogens (tertiary/aromatic N) is 2. The first-order chi connectivity index (χ1) is 5.88. The standard InChI is InChI=1S/C8H12N2S2/c1-10-6-9-5-7(10)8-11-3-2-4-12-8/h5-6,8H,2-4H2,1H3. The lowest BCUT2D eigenvalue weighted by molar-refractivity contribution is 0.860. The molecule has 0 unspecified atom stereocenters. The van der Waals surface area contributed by atoms with Gasteiger partial charge in [0.2, 0.25) is 0 Å². The Morgan fingerprint density at radius 1 is 1.50 bits per heavy atom. The molecule has 12 heavy (non-hydrogen) atoms. The molecule has 0 aliphatic carbocycles. The molecule has 0 spiro atoms. The fourth-order valence-electron chi connectivity index (χ4n) is 1.25. The summed E-state index contributed by atoms with van der Waals surface area (Å²) in [5.74, 6) is 2.59. The highest BCUT2D eigenvalue weighted by Crippen LogP contribution is 2.43. The van der Waals surface area contributed by atoms with Crippen molar-refractivity contribution in [2.75, 3.05) is 11.5 Å². The molecule has 4 heteroatoms. The maximum Gasteiger partial charge on any atom is 0.0946 e. The van der Waals surface area contributed by atoms with Crippen molar-refractivity contribution in [3.8, 4) is 0 Å². The van der Waals surface area contributed by atoms with Gasteiger partial charge in [0.1, 0.15) is 0 Å². The van der Waals surface area contributed by atoms with Gasteiger partial charge in [0, 0.05) is 7.05 Å². The molecule has 0 saturated carbocycles. The summed E-state index contributed by atoms with van der Waals surface area (Å²) in [5.41, 5.74) is 1.35. The smallest absolute Gasteiger partial charge is 0.0946 e. The minimum atomic E-state index is 0.617. The number of imidazole rings is 1. The molecular formula is C8H12N2S2. The zero-order chi connectivity index (χ0) is 8.39. The third-order valence-corrected chi connectivity index (χ3v) is 4.88.